The minimum Gasteiger partial charge on any atom is -0.378 e. The van der Waals surface area contributed by atoms with Gasteiger partial charge in [-0.05, 0) is 51.6 Å². The van der Waals surface area contributed by atoms with Gasteiger partial charge in [0.1, 0.15) is 0 Å². The van der Waals surface area contributed by atoms with Crippen LogP contribution in [0, 0.1) is 0 Å². The average Bonchev–Trinajstić information content (AvgIpc) is 2.15. The Balaban J connectivity index is 2.78. The van der Waals surface area contributed by atoms with Crippen LogP contribution in [-0.2, 0) is 0 Å². The first-order chi connectivity index (χ1) is 7.29. The molecule has 0 amide bonds. The van der Waals surface area contributed by atoms with Crippen LogP contribution in [0.15, 0.2) is 24.3 Å². The first-order valence-electron chi connectivity index (χ1n) is 5.01. The van der Waals surface area contributed by atoms with Gasteiger partial charge in [0.05, 0.1) is 0 Å². The van der Waals surface area contributed by atoms with Crippen molar-refractivity contribution in [1.29, 1.82) is 0 Å². The second kappa shape index (κ2) is 5.23. The van der Waals surface area contributed by atoms with Gasteiger partial charge in [0.15, 0.2) is 5.78 Å². The number of hydrogen-bond donors (Lipinski definition) is 0. The molecule has 0 fully saturated rings. The molecule has 4 heteroatoms. The summed E-state index contributed by atoms with van der Waals surface area (Å²) < 4.78 is 0. The molecule has 2 nitrogen and oxygen atoms in total. The van der Waals surface area contributed by atoms with E-state index in [1.807, 2.05) is 43.3 Å². The van der Waals surface area contributed by atoms with E-state index in [1.54, 1.807) is 0 Å². The summed E-state index contributed by atoms with van der Waals surface area (Å²) in [6, 6.07) is 7.75. The van der Waals surface area contributed by atoms with Crippen molar-refractivity contribution < 1.29 is 4.79 Å². The highest BCUT2D eigenvalue weighted by Crippen LogP contribution is 2.48. The maximum Gasteiger partial charge on any atom is 0.171 e. The maximum absolute atomic E-state index is 11.9. The molecule has 0 N–H and O–H groups in total. The van der Waals surface area contributed by atoms with E-state index in [4.69, 9.17) is 0 Å². The summed E-state index contributed by atoms with van der Waals surface area (Å²) in [5.74, 6) is 0.802. The summed E-state index contributed by atoms with van der Waals surface area (Å²) in [6.45, 7) is 0. The van der Waals surface area contributed by atoms with E-state index in [0.29, 0.717) is 5.75 Å². The number of hydrogen-bond acceptors (Lipinski definition) is 2. The van der Waals surface area contributed by atoms with Crippen LogP contribution in [0.5, 0.6) is 0 Å². The Kier molecular flexibility index (Phi) is 4.44. The molecular formula is C12H18BrNOS. The molecule has 0 saturated carbocycles. The number of anilines is 1. The number of rotatable bonds is 4. The normalized spacial score (nSPS) is 12.3. The lowest BCUT2D eigenvalue weighted by molar-refractivity contribution is 0.102. The lowest BCUT2D eigenvalue weighted by Gasteiger charge is -2.21. The molecule has 0 unspecified atom stereocenters. The van der Waals surface area contributed by atoms with Gasteiger partial charge in [0.25, 0.3) is 0 Å². The van der Waals surface area contributed by atoms with E-state index in [2.05, 4.69) is 27.3 Å². The number of benzene rings is 1. The fraction of sp³-hybridized carbons (Fsp3) is 0.417. The van der Waals surface area contributed by atoms with Crippen molar-refractivity contribution in [1.82, 2.24) is 0 Å². The van der Waals surface area contributed by atoms with E-state index in [0.717, 1.165) is 11.3 Å². The predicted molar refractivity (Wildman–Crippen MR) is 78.3 cm³/mol. The smallest absolute Gasteiger partial charge is 0.171 e. The molecule has 0 heterocycles. The molecule has 0 aromatic heterocycles. The Bertz CT molecular complexity index is 368. The SMILES string of the molecule is CN(C)c1ccc(C(=O)CS(C)(C)Br)cc1. The van der Waals surface area contributed by atoms with Crippen LogP contribution in [0.25, 0.3) is 0 Å². The number of halogens is 1. The molecule has 1 rings (SSSR count). The van der Waals surface area contributed by atoms with Crippen molar-refractivity contribution in [2.75, 3.05) is 37.3 Å². The van der Waals surface area contributed by atoms with E-state index in [9.17, 15) is 4.79 Å². The minimum atomic E-state index is -0.945. The van der Waals surface area contributed by atoms with Crippen LogP contribution in [0.1, 0.15) is 10.4 Å². The molecule has 1 aromatic carbocycles. The molecule has 0 aliphatic heterocycles. The average molecular weight is 304 g/mol. The Morgan fingerprint density at radius 2 is 1.75 bits per heavy atom. The fourth-order valence-electron chi connectivity index (χ4n) is 1.34. The van der Waals surface area contributed by atoms with Crippen molar-refractivity contribution in [2.24, 2.45) is 0 Å². The zero-order valence-electron chi connectivity index (χ0n) is 10.2. The number of carbonyl (C=O) groups is 1. The Labute approximate surface area is 107 Å². The van der Waals surface area contributed by atoms with Crippen molar-refractivity contribution in [2.45, 2.75) is 0 Å². The molecule has 0 radical (unpaired) electrons. The number of Topliss-reactive ketones (excluding diaryl/α,β-unsaturated/α-hetero) is 1. The van der Waals surface area contributed by atoms with Gasteiger partial charge in [0, 0.05) is 31.1 Å². The molecule has 0 aliphatic carbocycles. The zero-order valence-corrected chi connectivity index (χ0v) is 12.6. The monoisotopic (exact) mass is 303 g/mol. The van der Waals surface area contributed by atoms with Crippen LogP contribution >= 0.6 is 23.3 Å². The number of carbonyl (C=O) groups excluding carboxylic acids is 1. The van der Waals surface area contributed by atoms with Gasteiger partial charge >= 0.3 is 0 Å². The molecule has 0 spiro atoms. The van der Waals surface area contributed by atoms with Crippen molar-refractivity contribution >= 4 is 34.7 Å². The first kappa shape index (κ1) is 13.6. The molecule has 0 bridgehead atoms. The van der Waals surface area contributed by atoms with Gasteiger partial charge in [-0.2, -0.15) is 8.46 Å². The maximum atomic E-state index is 11.9. The highest BCUT2D eigenvalue weighted by molar-refractivity contribution is 9.58. The molecule has 0 aliphatic rings. The summed E-state index contributed by atoms with van der Waals surface area (Å²) in [5.41, 5.74) is 1.91. The Morgan fingerprint density at radius 3 is 2.12 bits per heavy atom. The number of nitrogens with zero attached hydrogens (tertiary/aromatic N) is 1. The molecule has 1 aromatic rings. The van der Waals surface area contributed by atoms with Crippen LogP contribution in [0.3, 0.4) is 0 Å². The topological polar surface area (TPSA) is 20.3 Å². The van der Waals surface area contributed by atoms with Crippen LogP contribution in [0.2, 0.25) is 0 Å². The van der Waals surface area contributed by atoms with E-state index >= 15 is 0 Å². The summed E-state index contributed by atoms with van der Waals surface area (Å²) in [5, 5.41) is 0. The second-order valence-electron chi connectivity index (χ2n) is 4.41. The standard InChI is InChI=1S/C12H18BrNOS/c1-14(2)11-7-5-10(6-8-11)12(15)9-16(3,4)13/h5-8H,9H2,1-4H3. The van der Waals surface area contributed by atoms with E-state index in [-0.39, 0.29) is 5.78 Å². The molecule has 0 saturated heterocycles. The third kappa shape index (κ3) is 4.18. The van der Waals surface area contributed by atoms with Crippen LogP contribution in [0.4, 0.5) is 5.69 Å². The van der Waals surface area contributed by atoms with Crippen LogP contribution < -0.4 is 4.90 Å². The van der Waals surface area contributed by atoms with Crippen LogP contribution in [-0.4, -0.2) is 38.1 Å². The molecule has 0 atom stereocenters. The van der Waals surface area contributed by atoms with Crippen molar-refractivity contribution in [3.05, 3.63) is 29.8 Å². The Hall–Kier alpha value is -0.480. The fourth-order valence-corrected chi connectivity index (χ4v) is 2.75. The lowest BCUT2D eigenvalue weighted by atomic mass is 10.1. The summed E-state index contributed by atoms with van der Waals surface area (Å²) >= 11 is 3.57. The summed E-state index contributed by atoms with van der Waals surface area (Å²) in [6.07, 6.45) is 4.16. The third-order valence-electron chi connectivity index (χ3n) is 2.18. The van der Waals surface area contributed by atoms with Gasteiger partial charge < -0.3 is 4.90 Å². The van der Waals surface area contributed by atoms with Crippen molar-refractivity contribution in [3.8, 4) is 0 Å². The van der Waals surface area contributed by atoms with E-state index in [1.165, 1.54) is 0 Å². The molecular weight excluding hydrogens is 286 g/mol. The highest BCUT2D eigenvalue weighted by Gasteiger charge is 2.14. The quantitative estimate of drug-likeness (QED) is 0.795. The predicted octanol–water partition coefficient (Wildman–Crippen LogP) is 3.31. The third-order valence-corrected chi connectivity index (χ3v) is 3.82. The number of ketones is 1. The van der Waals surface area contributed by atoms with Gasteiger partial charge in [-0.25, -0.2) is 0 Å². The Morgan fingerprint density at radius 1 is 1.25 bits per heavy atom. The van der Waals surface area contributed by atoms with Gasteiger partial charge in [0.2, 0.25) is 0 Å². The molecule has 90 valence electrons. The summed E-state index contributed by atoms with van der Waals surface area (Å²) in [7, 11) is 3.03. The second-order valence-corrected chi connectivity index (χ2v) is 12.8. The van der Waals surface area contributed by atoms with Gasteiger partial charge in [-0.3, -0.25) is 4.79 Å². The van der Waals surface area contributed by atoms with E-state index < -0.39 is 8.46 Å². The minimum absolute atomic E-state index is 0.210. The highest BCUT2D eigenvalue weighted by atomic mass is 79.9. The summed E-state index contributed by atoms with van der Waals surface area (Å²) in [4.78, 5) is 13.9. The van der Waals surface area contributed by atoms with Gasteiger partial charge in [-0.1, -0.05) is 0 Å². The zero-order chi connectivity index (χ0) is 12.3. The van der Waals surface area contributed by atoms with Gasteiger partial charge in [-0.15, -0.1) is 0 Å². The first-order valence-corrected chi connectivity index (χ1v) is 9.47. The lowest BCUT2D eigenvalue weighted by Crippen LogP contribution is -2.11. The molecule has 16 heavy (non-hydrogen) atoms. The van der Waals surface area contributed by atoms with Crippen molar-refractivity contribution in [3.63, 3.8) is 0 Å². The largest absolute Gasteiger partial charge is 0.378 e.